The zero-order valence-electron chi connectivity index (χ0n) is 16.6. The van der Waals surface area contributed by atoms with Gasteiger partial charge in [-0.2, -0.15) is 0 Å². The van der Waals surface area contributed by atoms with Crippen molar-refractivity contribution in [3.05, 3.63) is 76.5 Å². The third-order valence-electron chi connectivity index (χ3n) is 5.45. The van der Waals surface area contributed by atoms with Crippen molar-refractivity contribution in [3.8, 4) is 0 Å². The minimum Gasteiger partial charge on any atom is -0.465 e. The molecule has 1 aliphatic carbocycles. The van der Waals surface area contributed by atoms with E-state index < -0.39 is 5.97 Å². The van der Waals surface area contributed by atoms with Crippen LogP contribution < -0.4 is 0 Å². The summed E-state index contributed by atoms with van der Waals surface area (Å²) in [5.74, 6) is -0.202. The Bertz CT molecular complexity index is 1070. The number of hydrogen-bond acceptors (Lipinski definition) is 5. The van der Waals surface area contributed by atoms with Crippen molar-refractivity contribution >= 4 is 22.8 Å². The number of carbonyl (C=O) groups is 2. The van der Waals surface area contributed by atoms with Crippen LogP contribution in [0.25, 0.3) is 10.9 Å². The molecule has 29 heavy (non-hydrogen) atoms. The van der Waals surface area contributed by atoms with E-state index in [0.29, 0.717) is 17.0 Å². The maximum atomic E-state index is 13.1. The molecule has 3 aromatic rings. The molecule has 0 saturated carbocycles. The number of para-hydroxylation sites is 1. The van der Waals surface area contributed by atoms with E-state index in [2.05, 4.69) is 6.92 Å². The van der Waals surface area contributed by atoms with Crippen LogP contribution >= 0.6 is 0 Å². The van der Waals surface area contributed by atoms with Crippen LogP contribution in [0.2, 0.25) is 0 Å². The zero-order valence-corrected chi connectivity index (χ0v) is 16.6. The molecule has 0 N–H and O–H groups in total. The molecule has 0 saturated heterocycles. The molecule has 1 atom stereocenters. The molecular weight excluding hydrogens is 366 g/mol. The highest BCUT2D eigenvalue weighted by atomic mass is 16.5. The number of fused-ring (bicyclic) bond motifs is 2. The minimum atomic E-state index is -0.391. The van der Waals surface area contributed by atoms with E-state index in [1.807, 2.05) is 24.3 Å². The summed E-state index contributed by atoms with van der Waals surface area (Å²) in [7, 11) is 1.35. The van der Waals surface area contributed by atoms with Gasteiger partial charge < -0.3 is 9.47 Å². The van der Waals surface area contributed by atoms with Gasteiger partial charge >= 0.3 is 11.9 Å². The van der Waals surface area contributed by atoms with Gasteiger partial charge in [0.25, 0.3) is 0 Å². The fourth-order valence-electron chi connectivity index (χ4n) is 3.87. The smallest absolute Gasteiger partial charge is 0.339 e. The first-order valence-corrected chi connectivity index (χ1v) is 9.81. The second-order valence-electron chi connectivity index (χ2n) is 7.54. The Morgan fingerprint density at radius 3 is 2.59 bits per heavy atom. The Morgan fingerprint density at radius 2 is 1.83 bits per heavy atom. The lowest BCUT2D eigenvalue weighted by Gasteiger charge is -2.24. The number of ether oxygens (including phenoxy) is 2. The number of carbonyl (C=O) groups excluding carboxylic acids is 2. The van der Waals surface area contributed by atoms with Crippen LogP contribution in [-0.4, -0.2) is 24.0 Å². The third-order valence-corrected chi connectivity index (χ3v) is 5.45. The third kappa shape index (κ3) is 3.86. The summed E-state index contributed by atoms with van der Waals surface area (Å²) in [6.07, 6.45) is 2.81. The summed E-state index contributed by atoms with van der Waals surface area (Å²) in [6, 6.07) is 14.6. The summed E-state index contributed by atoms with van der Waals surface area (Å²) < 4.78 is 10.4. The number of aryl methyl sites for hydroxylation is 1. The van der Waals surface area contributed by atoms with Crippen molar-refractivity contribution < 1.29 is 19.1 Å². The Kier molecular flexibility index (Phi) is 5.30. The quantitative estimate of drug-likeness (QED) is 0.615. The molecule has 148 valence electrons. The standard InChI is InChI=1S/C24H23NO4/c1-15-7-12-21-19(13-15)22(18-5-3-4-6-20(18)25-21)24(27)29-14-16-8-10-17(11-9-16)23(26)28-2/h3-6,8-11,15H,7,12-14H2,1-2H3. The lowest BCUT2D eigenvalue weighted by atomic mass is 9.84. The number of aromatic nitrogens is 1. The van der Waals surface area contributed by atoms with Gasteiger partial charge in [0.2, 0.25) is 0 Å². The number of pyridine rings is 1. The maximum absolute atomic E-state index is 13.1. The Morgan fingerprint density at radius 1 is 1.07 bits per heavy atom. The van der Waals surface area contributed by atoms with Gasteiger partial charge in [-0.1, -0.05) is 37.3 Å². The zero-order chi connectivity index (χ0) is 20.4. The first kappa shape index (κ1) is 19.1. The lowest BCUT2D eigenvalue weighted by molar-refractivity contribution is 0.0471. The molecule has 1 aliphatic rings. The first-order chi connectivity index (χ1) is 14.1. The van der Waals surface area contributed by atoms with Crippen LogP contribution in [0.4, 0.5) is 0 Å². The Hall–Kier alpha value is -3.21. The fraction of sp³-hybridized carbons (Fsp3) is 0.292. The molecule has 5 heteroatoms. The van der Waals surface area contributed by atoms with Crippen molar-refractivity contribution in [1.29, 1.82) is 0 Å². The lowest BCUT2D eigenvalue weighted by Crippen LogP contribution is -2.19. The van der Waals surface area contributed by atoms with E-state index in [1.165, 1.54) is 7.11 Å². The van der Waals surface area contributed by atoms with Gasteiger partial charge in [0.1, 0.15) is 6.61 Å². The van der Waals surface area contributed by atoms with E-state index in [-0.39, 0.29) is 12.6 Å². The van der Waals surface area contributed by atoms with Gasteiger partial charge in [0, 0.05) is 11.1 Å². The van der Waals surface area contributed by atoms with Crippen molar-refractivity contribution in [2.45, 2.75) is 32.8 Å². The molecule has 0 spiro atoms. The normalized spacial score (nSPS) is 15.6. The van der Waals surface area contributed by atoms with Crippen molar-refractivity contribution in [1.82, 2.24) is 4.98 Å². The minimum absolute atomic E-state index is 0.140. The predicted octanol–water partition coefficient (Wildman–Crippen LogP) is 4.50. The SMILES string of the molecule is COC(=O)c1ccc(COC(=O)c2c3c(nc4ccccc24)CCC(C)C3)cc1. The number of esters is 2. The largest absolute Gasteiger partial charge is 0.465 e. The number of nitrogens with zero attached hydrogens (tertiary/aromatic N) is 1. The van der Waals surface area contributed by atoms with Gasteiger partial charge in [-0.05, 0) is 54.5 Å². The highest BCUT2D eigenvalue weighted by molar-refractivity contribution is 6.05. The molecular formula is C24H23NO4. The summed E-state index contributed by atoms with van der Waals surface area (Å²) >= 11 is 0. The van der Waals surface area contributed by atoms with Crippen LogP contribution in [-0.2, 0) is 28.9 Å². The van der Waals surface area contributed by atoms with Gasteiger partial charge in [0.05, 0.1) is 23.8 Å². The van der Waals surface area contributed by atoms with E-state index in [1.54, 1.807) is 24.3 Å². The molecule has 4 rings (SSSR count). The van der Waals surface area contributed by atoms with Gasteiger partial charge in [-0.15, -0.1) is 0 Å². The van der Waals surface area contributed by atoms with Crippen LogP contribution in [0.1, 0.15) is 50.9 Å². The van der Waals surface area contributed by atoms with Crippen LogP contribution in [0.3, 0.4) is 0 Å². The first-order valence-electron chi connectivity index (χ1n) is 9.81. The second kappa shape index (κ2) is 8.03. The topological polar surface area (TPSA) is 65.5 Å². The molecule has 2 aromatic carbocycles. The molecule has 1 unspecified atom stereocenters. The average Bonchev–Trinajstić information content (AvgIpc) is 2.75. The van der Waals surface area contributed by atoms with Gasteiger partial charge in [-0.3, -0.25) is 4.98 Å². The average molecular weight is 389 g/mol. The highest BCUT2D eigenvalue weighted by Gasteiger charge is 2.26. The monoisotopic (exact) mass is 389 g/mol. The molecule has 0 amide bonds. The van der Waals surface area contributed by atoms with Crippen LogP contribution in [0.5, 0.6) is 0 Å². The second-order valence-corrected chi connectivity index (χ2v) is 7.54. The van der Waals surface area contributed by atoms with E-state index in [4.69, 9.17) is 14.5 Å². The highest BCUT2D eigenvalue weighted by Crippen LogP contribution is 2.32. The van der Waals surface area contributed by atoms with E-state index >= 15 is 0 Å². The van der Waals surface area contributed by atoms with Gasteiger partial charge in [-0.25, -0.2) is 9.59 Å². The van der Waals surface area contributed by atoms with Gasteiger partial charge in [0.15, 0.2) is 0 Å². The Balaban J connectivity index is 1.61. The summed E-state index contributed by atoms with van der Waals surface area (Å²) in [6.45, 7) is 2.34. The van der Waals surface area contributed by atoms with E-state index in [9.17, 15) is 9.59 Å². The fourth-order valence-corrected chi connectivity index (χ4v) is 3.87. The summed E-state index contributed by atoms with van der Waals surface area (Å²) in [4.78, 5) is 29.5. The summed E-state index contributed by atoms with van der Waals surface area (Å²) in [5.41, 5.74) is 4.78. The summed E-state index contributed by atoms with van der Waals surface area (Å²) in [5, 5.41) is 0.839. The molecule has 5 nitrogen and oxygen atoms in total. The molecule has 0 radical (unpaired) electrons. The van der Waals surface area contributed by atoms with Crippen molar-refractivity contribution in [2.75, 3.05) is 7.11 Å². The molecule has 0 fully saturated rings. The molecule has 0 aliphatic heterocycles. The predicted molar refractivity (Wildman–Crippen MR) is 110 cm³/mol. The van der Waals surface area contributed by atoms with Crippen LogP contribution in [0, 0.1) is 5.92 Å². The molecule has 1 aromatic heterocycles. The molecule has 0 bridgehead atoms. The molecule has 1 heterocycles. The van der Waals surface area contributed by atoms with Crippen molar-refractivity contribution in [2.24, 2.45) is 5.92 Å². The number of benzene rings is 2. The van der Waals surface area contributed by atoms with Crippen LogP contribution in [0.15, 0.2) is 48.5 Å². The number of rotatable bonds is 4. The van der Waals surface area contributed by atoms with Crippen molar-refractivity contribution in [3.63, 3.8) is 0 Å². The Labute approximate surface area is 169 Å². The number of hydrogen-bond donors (Lipinski definition) is 0. The maximum Gasteiger partial charge on any atom is 0.339 e. The van der Waals surface area contributed by atoms with E-state index in [0.717, 1.165) is 47.0 Å². The number of methoxy groups -OCH3 is 1.